The third-order valence-corrected chi connectivity index (χ3v) is 3.99. The highest BCUT2D eigenvalue weighted by atomic mass is 16.5. The van der Waals surface area contributed by atoms with Crippen LogP contribution in [0.1, 0.15) is 28.2 Å². The molecule has 0 aliphatic carbocycles. The van der Waals surface area contributed by atoms with Crippen molar-refractivity contribution in [1.82, 2.24) is 15.1 Å². The number of anilines is 1. The predicted molar refractivity (Wildman–Crippen MR) is 97.0 cm³/mol. The number of esters is 1. The van der Waals surface area contributed by atoms with E-state index >= 15 is 0 Å². The second-order valence-electron chi connectivity index (χ2n) is 5.77. The van der Waals surface area contributed by atoms with E-state index in [1.165, 1.54) is 7.11 Å². The van der Waals surface area contributed by atoms with Crippen LogP contribution in [0.2, 0.25) is 0 Å². The molecule has 3 aromatic rings. The number of hydrogen-bond acceptors (Lipinski definition) is 7. The van der Waals surface area contributed by atoms with Crippen LogP contribution in [0.5, 0.6) is 0 Å². The molecule has 0 bridgehead atoms. The van der Waals surface area contributed by atoms with E-state index in [1.54, 1.807) is 49.6 Å². The van der Waals surface area contributed by atoms with Crippen molar-refractivity contribution < 1.29 is 18.8 Å². The molecule has 1 aromatic carbocycles. The summed E-state index contributed by atoms with van der Waals surface area (Å²) in [6.07, 6.45) is 3.76. The highest BCUT2D eigenvalue weighted by Gasteiger charge is 2.14. The molecule has 0 saturated heterocycles. The Hall–Kier alpha value is -3.55. The zero-order chi connectivity index (χ0) is 19.2. The highest BCUT2D eigenvalue weighted by Crippen LogP contribution is 2.20. The smallest absolute Gasteiger partial charge is 0.338 e. The number of rotatable bonds is 6. The molecular formula is C19H18N4O4. The van der Waals surface area contributed by atoms with E-state index in [9.17, 15) is 9.59 Å². The maximum absolute atomic E-state index is 12.2. The normalized spacial score (nSPS) is 10.4. The maximum Gasteiger partial charge on any atom is 0.338 e. The lowest BCUT2D eigenvalue weighted by Crippen LogP contribution is -2.15. The number of methoxy groups -OCH3 is 1. The second kappa shape index (κ2) is 8.22. The number of aryl methyl sites for hydroxylation is 1. The van der Waals surface area contributed by atoms with E-state index in [0.29, 0.717) is 35.0 Å². The first-order valence-corrected chi connectivity index (χ1v) is 8.29. The van der Waals surface area contributed by atoms with Gasteiger partial charge in [-0.25, -0.2) is 4.79 Å². The van der Waals surface area contributed by atoms with Crippen LogP contribution in [0.25, 0.3) is 11.4 Å². The Balaban J connectivity index is 1.61. The van der Waals surface area contributed by atoms with Crippen LogP contribution >= 0.6 is 0 Å². The fraction of sp³-hybridized carbons (Fsp3) is 0.211. The molecule has 0 spiro atoms. The van der Waals surface area contributed by atoms with Gasteiger partial charge in [-0.15, -0.1) is 0 Å². The lowest BCUT2D eigenvalue weighted by molar-refractivity contribution is -0.116. The number of ether oxygens (including phenoxy) is 1. The van der Waals surface area contributed by atoms with E-state index in [0.717, 1.165) is 5.56 Å². The minimum absolute atomic E-state index is 0.167. The minimum atomic E-state index is -0.446. The number of pyridine rings is 1. The van der Waals surface area contributed by atoms with Gasteiger partial charge in [0.25, 0.3) is 0 Å². The van der Waals surface area contributed by atoms with Crippen molar-refractivity contribution in [3.63, 3.8) is 0 Å². The third kappa shape index (κ3) is 4.35. The number of aromatic nitrogens is 3. The fourth-order valence-corrected chi connectivity index (χ4v) is 2.51. The highest BCUT2D eigenvalue weighted by molar-refractivity contribution is 5.96. The molecule has 1 amide bonds. The summed E-state index contributed by atoms with van der Waals surface area (Å²) in [5.74, 6) is 0.160. The maximum atomic E-state index is 12.2. The predicted octanol–water partition coefficient (Wildman–Crippen LogP) is 2.80. The molecule has 0 fully saturated rings. The summed E-state index contributed by atoms with van der Waals surface area (Å²) < 4.78 is 9.92. The number of carbonyl (C=O) groups excluding carboxylic acids is 2. The second-order valence-corrected chi connectivity index (χ2v) is 5.77. The van der Waals surface area contributed by atoms with Gasteiger partial charge < -0.3 is 14.6 Å². The minimum Gasteiger partial charge on any atom is -0.465 e. The standard InChI is InChI=1S/C19H18N4O4/c1-12-14(19(25)26-2)4-3-5-15(12)21-16(24)6-7-17-22-18(23-27-17)13-8-10-20-11-9-13/h3-5,8-11H,6-7H2,1-2H3,(H,21,24). The monoisotopic (exact) mass is 366 g/mol. The average molecular weight is 366 g/mol. The van der Waals surface area contributed by atoms with Gasteiger partial charge in [0.2, 0.25) is 17.6 Å². The number of hydrogen-bond donors (Lipinski definition) is 1. The van der Waals surface area contributed by atoms with Crippen molar-refractivity contribution in [3.05, 3.63) is 59.7 Å². The Kier molecular flexibility index (Phi) is 5.55. The van der Waals surface area contributed by atoms with Gasteiger partial charge in [0.1, 0.15) is 0 Å². The van der Waals surface area contributed by atoms with Crippen LogP contribution in [0.4, 0.5) is 5.69 Å². The molecule has 0 atom stereocenters. The van der Waals surface area contributed by atoms with Gasteiger partial charge in [0.05, 0.1) is 12.7 Å². The van der Waals surface area contributed by atoms with Crippen LogP contribution < -0.4 is 5.32 Å². The Morgan fingerprint density at radius 3 is 2.70 bits per heavy atom. The van der Waals surface area contributed by atoms with E-state index in [4.69, 9.17) is 9.26 Å². The van der Waals surface area contributed by atoms with E-state index in [2.05, 4.69) is 20.4 Å². The Morgan fingerprint density at radius 1 is 1.19 bits per heavy atom. The van der Waals surface area contributed by atoms with Gasteiger partial charge >= 0.3 is 5.97 Å². The Morgan fingerprint density at radius 2 is 1.96 bits per heavy atom. The number of amides is 1. The molecule has 0 aliphatic heterocycles. The lowest BCUT2D eigenvalue weighted by Gasteiger charge is -2.11. The quantitative estimate of drug-likeness (QED) is 0.668. The van der Waals surface area contributed by atoms with Gasteiger partial charge in [0, 0.05) is 36.5 Å². The molecule has 0 aliphatic rings. The van der Waals surface area contributed by atoms with Gasteiger partial charge in [-0.2, -0.15) is 4.98 Å². The van der Waals surface area contributed by atoms with Crippen molar-refractivity contribution in [2.75, 3.05) is 12.4 Å². The van der Waals surface area contributed by atoms with Crippen molar-refractivity contribution in [1.29, 1.82) is 0 Å². The van der Waals surface area contributed by atoms with Crippen LogP contribution in [-0.2, 0) is 16.0 Å². The lowest BCUT2D eigenvalue weighted by atomic mass is 10.1. The van der Waals surface area contributed by atoms with Crippen LogP contribution in [0, 0.1) is 6.92 Å². The molecule has 0 unspecified atom stereocenters. The van der Waals surface area contributed by atoms with Gasteiger partial charge in [-0.3, -0.25) is 9.78 Å². The summed E-state index contributed by atoms with van der Waals surface area (Å²) in [6.45, 7) is 1.75. The number of nitrogens with zero attached hydrogens (tertiary/aromatic N) is 3. The Labute approximate surface area is 155 Å². The molecule has 1 N–H and O–H groups in total. The molecule has 8 nitrogen and oxygen atoms in total. The molecule has 138 valence electrons. The van der Waals surface area contributed by atoms with Crippen molar-refractivity contribution in [2.45, 2.75) is 19.8 Å². The van der Waals surface area contributed by atoms with Crippen LogP contribution in [0.15, 0.2) is 47.2 Å². The van der Waals surface area contributed by atoms with Gasteiger partial charge in [-0.1, -0.05) is 11.2 Å². The van der Waals surface area contributed by atoms with E-state index in [-0.39, 0.29) is 12.3 Å². The molecule has 3 rings (SSSR count). The molecule has 8 heteroatoms. The SMILES string of the molecule is COC(=O)c1cccc(NC(=O)CCc2nc(-c3ccncc3)no2)c1C. The van der Waals surface area contributed by atoms with Gasteiger partial charge in [-0.05, 0) is 36.8 Å². The van der Waals surface area contributed by atoms with Crippen LogP contribution in [0.3, 0.4) is 0 Å². The van der Waals surface area contributed by atoms with E-state index in [1.807, 2.05) is 0 Å². The van der Waals surface area contributed by atoms with Crippen LogP contribution in [-0.4, -0.2) is 34.1 Å². The van der Waals surface area contributed by atoms with E-state index < -0.39 is 5.97 Å². The van der Waals surface area contributed by atoms with Crippen molar-refractivity contribution >= 4 is 17.6 Å². The first-order chi connectivity index (χ1) is 13.1. The molecule has 0 saturated carbocycles. The van der Waals surface area contributed by atoms with Gasteiger partial charge in [0.15, 0.2) is 0 Å². The topological polar surface area (TPSA) is 107 Å². The number of carbonyl (C=O) groups is 2. The van der Waals surface area contributed by atoms with Crippen molar-refractivity contribution in [3.8, 4) is 11.4 Å². The molecule has 2 heterocycles. The summed E-state index contributed by atoms with van der Waals surface area (Å²) in [5, 5.41) is 6.70. The molecular weight excluding hydrogens is 348 g/mol. The number of benzene rings is 1. The first-order valence-electron chi connectivity index (χ1n) is 8.29. The largest absolute Gasteiger partial charge is 0.465 e. The summed E-state index contributed by atoms with van der Waals surface area (Å²) in [5.41, 5.74) is 2.41. The fourth-order valence-electron chi connectivity index (χ4n) is 2.51. The third-order valence-electron chi connectivity index (χ3n) is 3.99. The van der Waals surface area contributed by atoms with Crippen molar-refractivity contribution in [2.24, 2.45) is 0 Å². The average Bonchev–Trinajstić information content (AvgIpc) is 3.17. The summed E-state index contributed by atoms with van der Waals surface area (Å²) in [4.78, 5) is 32.2. The molecule has 2 aromatic heterocycles. The summed E-state index contributed by atoms with van der Waals surface area (Å²) in [7, 11) is 1.32. The molecule has 0 radical (unpaired) electrons. The summed E-state index contributed by atoms with van der Waals surface area (Å²) >= 11 is 0. The molecule has 27 heavy (non-hydrogen) atoms. The zero-order valence-electron chi connectivity index (χ0n) is 14.9. The Bertz CT molecular complexity index is 953. The summed E-state index contributed by atoms with van der Waals surface area (Å²) in [6, 6.07) is 8.62. The zero-order valence-corrected chi connectivity index (χ0v) is 14.9. The first kappa shape index (κ1) is 18.2. The number of nitrogens with one attached hydrogen (secondary N) is 1.